The van der Waals surface area contributed by atoms with Crippen LogP contribution in [0.5, 0.6) is 11.6 Å². The summed E-state index contributed by atoms with van der Waals surface area (Å²) in [4.78, 5) is 14.5. The normalized spacial score (nSPS) is 21.4. The van der Waals surface area contributed by atoms with Crippen molar-refractivity contribution in [3.63, 3.8) is 0 Å². The number of fused-ring (bicyclic) bond motifs is 1. The molecule has 6 rings (SSSR count). The number of thioether (sulfide) groups is 1. The van der Waals surface area contributed by atoms with Crippen molar-refractivity contribution in [1.29, 1.82) is 0 Å². The van der Waals surface area contributed by atoms with Crippen LogP contribution in [0.4, 0.5) is 17.2 Å². The number of hydrogen-bond acceptors (Lipinski definition) is 9. The van der Waals surface area contributed by atoms with Gasteiger partial charge in [0.05, 0.1) is 18.9 Å². The number of benzene rings is 2. The van der Waals surface area contributed by atoms with E-state index in [0.717, 1.165) is 43.1 Å². The number of rotatable bonds is 4. The van der Waals surface area contributed by atoms with Crippen LogP contribution < -0.4 is 20.3 Å². The second-order valence-corrected chi connectivity index (χ2v) is 9.38. The summed E-state index contributed by atoms with van der Waals surface area (Å²) < 4.78 is 17.8. The molecule has 4 heterocycles. The molecule has 1 aromatic heterocycles. The topological polar surface area (TPSA) is 86.0 Å². The zero-order chi connectivity index (χ0) is 22.3. The van der Waals surface area contributed by atoms with Crippen LogP contribution in [-0.2, 0) is 9.47 Å². The van der Waals surface area contributed by atoms with Gasteiger partial charge in [0.25, 0.3) is 5.88 Å². The molecule has 0 saturated carbocycles. The Labute approximate surface area is 196 Å². The molecule has 33 heavy (non-hydrogen) atoms. The average molecular weight is 464 g/mol. The highest BCUT2D eigenvalue weighted by Crippen LogP contribution is 2.45. The second kappa shape index (κ2) is 8.49. The van der Waals surface area contributed by atoms with Crippen LogP contribution in [0.15, 0.2) is 65.8 Å². The van der Waals surface area contributed by atoms with E-state index in [2.05, 4.69) is 31.9 Å². The first kappa shape index (κ1) is 20.7. The smallest absolute Gasteiger partial charge is 0.263 e. The van der Waals surface area contributed by atoms with Gasteiger partial charge >= 0.3 is 0 Å². The van der Waals surface area contributed by atoms with Crippen molar-refractivity contribution in [2.24, 2.45) is 5.73 Å². The Balaban J connectivity index is 1.18. The lowest BCUT2D eigenvalue weighted by molar-refractivity contribution is -0.169. The van der Waals surface area contributed by atoms with E-state index in [1.54, 1.807) is 24.2 Å². The standard InChI is InChI=1S/C24H25N5O3S/c25-23-29(19-3-1-2-4-20(19)33-23)17-5-7-18(8-6-17)32-22-21(26-11-12-27-22)28-13-9-24(10-14-28)30-15-16-31-24/h1-8,11-12,23H,9-10,13-16,25H2. The molecule has 0 bridgehead atoms. The lowest BCUT2D eigenvalue weighted by atomic mass is 10.0. The van der Waals surface area contributed by atoms with Crippen molar-refractivity contribution in [3.05, 3.63) is 60.9 Å². The van der Waals surface area contributed by atoms with Crippen molar-refractivity contribution in [2.75, 3.05) is 36.1 Å². The Hall–Kier alpha value is -2.85. The lowest BCUT2D eigenvalue weighted by Crippen LogP contribution is -2.45. The zero-order valence-electron chi connectivity index (χ0n) is 18.1. The van der Waals surface area contributed by atoms with E-state index in [0.29, 0.717) is 24.8 Å². The predicted molar refractivity (Wildman–Crippen MR) is 127 cm³/mol. The molecule has 170 valence electrons. The largest absolute Gasteiger partial charge is 0.436 e. The third-order valence-electron chi connectivity index (χ3n) is 6.24. The van der Waals surface area contributed by atoms with E-state index >= 15 is 0 Å². The van der Waals surface area contributed by atoms with Crippen LogP contribution in [0.3, 0.4) is 0 Å². The number of anilines is 3. The summed E-state index contributed by atoms with van der Waals surface area (Å²) in [5.41, 5.74) is 8.37. The van der Waals surface area contributed by atoms with E-state index in [1.807, 2.05) is 36.4 Å². The number of para-hydroxylation sites is 1. The summed E-state index contributed by atoms with van der Waals surface area (Å²) >= 11 is 1.66. The zero-order valence-corrected chi connectivity index (χ0v) is 18.9. The van der Waals surface area contributed by atoms with E-state index in [1.165, 1.54) is 4.90 Å². The molecular formula is C24H25N5O3S. The van der Waals surface area contributed by atoms with Gasteiger partial charge in [-0.25, -0.2) is 9.97 Å². The van der Waals surface area contributed by atoms with Gasteiger partial charge in [-0.05, 0) is 36.4 Å². The Morgan fingerprint density at radius 2 is 1.70 bits per heavy atom. The number of nitrogens with two attached hydrogens (primary N) is 1. The van der Waals surface area contributed by atoms with Gasteiger partial charge < -0.3 is 29.7 Å². The highest BCUT2D eigenvalue weighted by atomic mass is 32.2. The van der Waals surface area contributed by atoms with Gasteiger partial charge in [-0.1, -0.05) is 23.9 Å². The predicted octanol–water partition coefficient (Wildman–Crippen LogP) is 4.10. The molecule has 3 aliphatic rings. The lowest BCUT2D eigenvalue weighted by Gasteiger charge is -2.38. The van der Waals surface area contributed by atoms with Gasteiger partial charge in [-0.15, -0.1) is 0 Å². The summed E-state index contributed by atoms with van der Waals surface area (Å²) in [6.07, 6.45) is 4.95. The monoisotopic (exact) mass is 463 g/mol. The van der Waals surface area contributed by atoms with Gasteiger partial charge in [-0.3, -0.25) is 0 Å². The summed E-state index contributed by atoms with van der Waals surface area (Å²) in [5.74, 6) is 1.50. The van der Waals surface area contributed by atoms with Crippen LogP contribution in [0.25, 0.3) is 0 Å². The van der Waals surface area contributed by atoms with E-state index < -0.39 is 5.79 Å². The maximum atomic E-state index is 6.38. The minimum atomic E-state index is -0.428. The van der Waals surface area contributed by atoms with Gasteiger partial charge in [-0.2, -0.15) is 0 Å². The Kier molecular flexibility index (Phi) is 5.34. The molecule has 1 unspecified atom stereocenters. The van der Waals surface area contributed by atoms with Crippen molar-refractivity contribution in [3.8, 4) is 11.6 Å². The van der Waals surface area contributed by atoms with E-state index in [4.69, 9.17) is 19.9 Å². The summed E-state index contributed by atoms with van der Waals surface area (Å²) in [5, 5.41) is 0. The van der Waals surface area contributed by atoms with Crippen LogP contribution in [0.1, 0.15) is 12.8 Å². The molecule has 2 saturated heterocycles. The van der Waals surface area contributed by atoms with Crippen molar-refractivity contribution < 1.29 is 14.2 Å². The third kappa shape index (κ3) is 3.91. The van der Waals surface area contributed by atoms with Crippen molar-refractivity contribution in [1.82, 2.24) is 9.97 Å². The maximum Gasteiger partial charge on any atom is 0.263 e. The molecule has 1 atom stereocenters. The summed E-state index contributed by atoms with van der Waals surface area (Å²) in [7, 11) is 0. The van der Waals surface area contributed by atoms with E-state index in [-0.39, 0.29) is 5.50 Å². The first-order chi connectivity index (χ1) is 16.2. The minimum absolute atomic E-state index is 0.156. The summed E-state index contributed by atoms with van der Waals surface area (Å²) in [6, 6.07) is 16.2. The molecule has 3 aliphatic heterocycles. The molecule has 2 N–H and O–H groups in total. The number of piperidine rings is 1. The van der Waals surface area contributed by atoms with Gasteiger partial charge in [0, 0.05) is 48.9 Å². The van der Waals surface area contributed by atoms with Gasteiger partial charge in [0.2, 0.25) is 0 Å². The van der Waals surface area contributed by atoms with Crippen LogP contribution in [0.2, 0.25) is 0 Å². The van der Waals surface area contributed by atoms with Gasteiger partial charge in [0.1, 0.15) is 11.2 Å². The SMILES string of the molecule is NC1Sc2ccccc2N1c1ccc(Oc2nccnc2N2CCC3(CC2)OCCO3)cc1. The summed E-state index contributed by atoms with van der Waals surface area (Å²) in [6.45, 7) is 2.89. The first-order valence-corrected chi connectivity index (χ1v) is 12.0. The third-order valence-corrected chi connectivity index (χ3v) is 7.29. The molecule has 3 aromatic rings. The van der Waals surface area contributed by atoms with Crippen LogP contribution in [0, 0.1) is 0 Å². The highest BCUT2D eigenvalue weighted by Gasteiger charge is 2.40. The molecule has 9 heteroatoms. The highest BCUT2D eigenvalue weighted by molar-refractivity contribution is 8.00. The quantitative estimate of drug-likeness (QED) is 0.614. The Morgan fingerprint density at radius 3 is 2.48 bits per heavy atom. The minimum Gasteiger partial charge on any atom is -0.436 e. The number of nitrogens with zero attached hydrogens (tertiary/aromatic N) is 4. The number of hydrogen-bond donors (Lipinski definition) is 1. The molecule has 2 fully saturated rings. The fourth-order valence-electron chi connectivity index (χ4n) is 4.60. The molecular weight excluding hydrogens is 438 g/mol. The fourth-order valence-corrected chi connectivity index (χ4v) is 5.64. The Bertz CT molecular complexity index is 1130. The first-order valence-electron chi connectivity index (χ1n) is 11.1. The van der Waals surface area contributed by atoms with Crippen molar-refractivity contribution >= 4 is 29.0 Å². The molecule has 0 amide bonds. The number of aromatic nitrogens is 2. The molecule has 0 aliphatic carbocycles. The van der Waals surface area contributed by atoms with Crippen LogP contribution >= 0.6 is 11.8 Å². The molecule has 2 aromatic carbocycles. The number of ether oxygens (including phenoxy) is 3. The Morgan fingerprint density at radius 1 is 0.970 bits per heavy atom. The second-order valence-electron chi connectivity index (χ2n) is 8.22. The molecule has 8 nitrogen and oxygen atoms in total. The van der Waals surface area contributed by atoms with Crippen LogP contribution in [-0.4, -0.2) is 47.6 Å². The molecule has 0 radical (unpaired) electrons. The average Bonchev–Trinajstić information content (AvgIpc) is 3.44. The van der Waals surface area contributed by atoms with Crippen molar-refractivity contribution in [2.45, 2.75) is 29.0 Å². The maximum absolute atomic E-state index is 6.38. The molecule has 1 spiro atoms. The van der Waals surface area contributed by atoms with E-state index in [9.17, 15) is 0 Å². The van der Waals surface area contributed by atoms with Gasteiger partial charge in [0.15, 0.2) is 11.6 Å². The fraction of sp³-hybridized carbons (Fsp3) is 0.333.